The minimum absolute atomic E-state index is 0.221. The third-order valence-electron chi connectivity index (χ3n) is 6.22. The van der Waals surface area contributed by atoms with Crippen LogP contribution in [-0.2, 0) is 12.0 Å². The van der Waals surface area contributed by atoms with Crippen LogP contribution in [0.1, 0.15) is 35.3 Å². The van der Waals surface area contributed by atoms with Gasteiger partial charge in [-0.05, 0) is 49.6 Å². The summed E-state index contributed by atoms with van der Waals surface area (Å²) in [6.45, 7) is 4.50. The van der Waals surface area contributed by atoms with Crippen LogP contribution < -0.4 is 10.6 Å². The predicted molar refractivity (Wildman–Crippen MR) is 137 cm³/mol. The maximum absolute atomic E-state index is 13.3. The van der Waals surface area contributed by atoms with Crippen LogP contribution >= 0.6 is 0 Å². The molecule has 1 aromatic heterocycles. The van der Waals surface area contributed by atoms with E-state index < -0.39 is 12.1 Å². The average Bonchev–Trinajstić information content (AvgIpc) is 2.87. The lowest BCUT2D eigenvalue weighted by molar-refractivity contribution is 0.0815. The number of carbonyl (C=O) groups excluding carboxylic acids is 1. The Morgan fingerprint density at radius 2 is 1.62 bits per heavy atom. The van der Waals surface area contributed by atoms with Crippen molar-refractivity contribution in [1.29, 1.82) is 0 Å². The summed E-state index contributed by atoms with van der Waals surface area (Å²) in [7, 11) is 0. The number of hydrogen-bond acceptors (Lipinski definition) is 4. The van der Waals surface area contributed by atoms with Crippen LogP contribution in [0, 0.1) is 0 Å². The van der Waals surface area contributed by atoms with E-state index in [-0.39, 0.29) is 11.4 Å². The lowest BCUT2D eigenvalue weighted by Gasteiger charge is -2.31. The number of carbonyl (C=O) groups is 1. The van der Waals surface area contributed by atoms with Gasteiger partial charge < -0.3 is 15.7 Å². The van der Waals surface area contributed by atoms with E-state index in [2.05, 4.69) is 41.6 Å². The van der Waals surface area contributed by atoms with E-state index in [1.54, 1.807) is 12.3 Å². The summed E-state index contributed by atoms with van der Waals surface area (Å²) in [5.41, 5.74) is 3.17. The standard InChI is InChI=1S/C29H31N3O2/c1-29(2,22-13-7-4-8-14-22)31-20-27(33)26(19-21-11-5-3-6-12-21)32-28(34)24-15-9-17-25-23(24)16-10-18-30-25/h3-18,26-27,31,33H,19-20H2,1-2H3,(H,32,34)/t26-,27+/m0/s1. The van der Waals surface area contributed by atoms with Gasteiger partial charge in [0, 0.05) is 29.2 Å². The second-order valence-corrected chi connectivity index (χ2v) is 9.08. The highest BCUT2D eigenvalue weighted by molar-refractivity contribution is 6.06. The minimum atomic E-state index is -0.791. The highest BCUT2D eigenvalue weighted by Crippen LogP contribution is 2.20. The van der Waals surface area contributed by atoms with Gasteiger partial charge in [-0.25, -0.2) is 0 Å². The highest BCUT2D eigenvalue weighted by atomic mass is 16.3. The van der Waals surface area contributed by atoms with Crippen LogP contribution in [0.15, 0.2) is 97.2 Å². The Labute approximate surface area is 200 Å². The Bertz CT molecular complexity index is 1220. The first kappa shape index (κ1) is 23.6. The molecule has 0 aliphatic rings. The van der Waals surface area contributed by atoms with Crippen molar-refractivity contribution in [3.63, 3.8) is 0 Å². The van der Waals surface area contributed by atoms with Crippen LogP contribution in [0.4, 0.5) is 0 Å². The largest absolute Gasteiger partial charge is 0.390 e. The average molecular weight is 454 g/mol. The van der Waals surface area contributed by atoms with E-state index >= 15 is 0 Å². The van der Waals surface area contributed by atoms with E-state index in [4.69, 9.17) is 0 Å². The zero-order valence-electron chi connectivity index (χ0n) is 19.6. The Morgan fingerprint density at radius 1 is 0.912 bits per heavy atom. The van der Waals surface area contributed by atoms with E-state index in [1.807, 2.05) is 72.8 Å². The van der Waals surface area contributed by atoms with Crippen molar-refractivity contribution in [3.8, 4) is 0 Å². The number of fused-ring (bicyclic) bond motifs is 1. The van der Waals surface area contributed by atoms with Gasteiger partial charge >= 0.3 is 0 Å². The molecule has 34 heavy (non-hydrogen) atoms. The summed E-state index contributed by atoms with van der Waals surface area (Å²) in [4.78, 5) is 17.7. The van der Waals surface area contributed by atoms with Crippen LogP contribution in [0.25, 0.3) is 10.9 Å². The first-order chi connectivity index (χ1) is 16.4. The van der Waals surface area contributed by atoms with Crippen LogP contribution in [-0.4, -0.2) is 34.7 Å². The van der Waals surface area contributed by atoms with Gasteiger partial charge in [0.15, 0.2) is 0 Å². The van der Waals surface area contributed by atoms with Crippen molar-refractivity contribution in [2.45, 2.75) is 38.0 Å². The Kier molecular flexibility index (Phi) is 7.36. The zero-order chi connectivity index (χ0) is 24.0. The number of aliphatic hydroxyl groups is 1. The lowest BCUT2D eigenvalue weighted by atomic mass is 9.93. The summed E-state index contributed by atoms with van der Waals surface area (Å²) in [6, 6.07) is 28.8. The molecule has 3 N–H and O–H groups in total. The molecule has 5 heteroatoms. The molecule has 1 heterocycles. The summed E-state index contributed by atoms with van der Waals surface area (Å²) < 4.78 is 0. The Morgan fingerprint density at radius 3 is 2.35 bits per heavy atom. The number of rotatable bonds is 9. The molecule has 0 saturated carbocycles. The second-order valence-electron chi connectivity index (χ2n) is 9.08. The lowest BCUT2D eigenvalue weighted by Crippen LogP contribution is -2.51. The number of aliphatic hydroxyl groups excluding tert-OH is 1. The zero-order valence-corrected chi connectivity index (χ0v) is 19.6. The van der Waals surface area contributed by atoms with Crippen molar-refractivity contribution in [2.24, 2.45) is 0 Å². The van der Waals surface area contributed by atoms with Gasteiger partial charge in [0.05, 0.1) is 17.7 Å². The number of hydrogen-bond donors (Lipinski definition) is 3. The molecule has 0 aliphatic carbocycles. The molecule has 3 aromatic carbocycles. The molecule has 0 fully saturated rings. The SMILES string of the molecule is CC(C)(NC[C@@H](O)[C@H](Cc1ccccc1)NC(=O)c1cccc2ncccc12)c1ccccc1. The van der Waals surface area contributed by atoms with E-state index in [0.29, 0.717) is 18.5 Å². The maximum Gasteiger partial charge on any atom is 0.252 e. The van der Waals surface area contributed by atoms with E-state index in [0.717, 1.165) is 22.0 Å². The quantitative estimate of drug-likeness (QED) is 0.350. The molecule has 174 valence electrons. The van der Waals surface area contributed by atoms with Crippen LogP contribution in [0.3, 0.4) is 0 Å². The van der Waals surface area contributed by atoms with Crippen LogP contribution in [0.2, 0.25) is 0 Å². The molecule has 0 spiro atoms. The Hall–Kier alpha value is -3.54. The Balaban J connectivity index is 1.53. The van der Waals surface area contributed by atoms with Crippen molar-refractivity contribution in [2.75, 3.05) is 6.54 Å². The normalized spacial score (nSPS) is 13.4. The molecule has 0 radical (unpaired) electrons. The molecular weight excluding hydrogens is 422 g/mol. The minimum Gasteiger partial charge on any atom is -0.390 e. The van der Waals surface area contributed by atoms with E-state index in [9.17, 15) is 9.90 Å². The van der Waals surface area contributed by atoms with Gasteiger partial charge in [-0.2, -0.15) is 0 Å². The number of nitrogens with zero attached hydrogens (tertiary/aromatic N) is 1. The monoisotopic (exact) mass is 453 g/mol. The molecule has 0 unspecified atom stereocenters. The molecule has 0 bridgehead atoms. The van der Waals surface area contributed by atoms with Crippen LogP contribution in [0.5, 0.6) is 0 Å². The van der Waals surface area contributed by atoms with Crippen molar-refractivity contribution < 1.29 is 9.90 Å². The number of nitrogens with one attached hydrogen (secondary N) is 2. The summed E-state index contributed by atoms with van der Waals surface area (Å²) in [6.07, 6.45) is 1.44. The maximum atomic E-state index is 13.3. The van der Waals surface area contributed by atoms with Gasteiger partial charge in [0.1, 0.15) is 0 Å². The number of benzene rings is 3. The first-order valence-corrected chi connectivity index (χ1v) is 11.6. The fourth-order valence-electron chi connectivity index (χ4n) is 4.16. The predicted octanol–water partition coefficient (Wildman–Crippen LogP) is 4.46. The van der Waals surface area contributed by atoms with Gasteiger partial charge in [0.2, 0.25) is 0 Å². The van der Waals surface area contributed by atoms with Gasteiger partial charge in [-0.3, -0.25) is 9.78 Å². The second kappa shape index (κ2) is 10.6. The highest BCUT2D eigenvalue weighted by Gasteiger charge is 2.26. The first-order valence-electron chi connectivity index (χ1n) is 11.6. The summed E-state index contributed by atoms with van der Waals surface area (Å²) in [5, 5.41) is 18.6. The molecular formula is C29H31N3O2. The van der Waals surface area contributed by atoms with E-state index in [1.165, 1.54) is 0 Å². The number of aromatic nitrogens is 1. The third-order valence-corrected chi connectivity index (χ3v) is 6.22. The fourth-order valence-corrected chi connectivity index (χ4v) is 4.16. The fraction of sp³-hybridized carbons (Fsp3) is 0.241. The molecule has 5 nitrogen and oxygen atoms in total. The third kappa shape index (κ3) is 5.68. The number of amides is 1. The smallest absolute Gasteiger partial charge is 0.252 e. The van der Waals surface area contributed by atoms with Crippen molar-refractivity contribution >= 4 is 16.8 Å². The van der Waals surface area contributed by atoms with Gasteiger partial charge in [0.25, 0.3) is 5.91 Å². The summed E-state index contributed by atoms with van der Waals surface area (Å²) in [5.74, 6) is -0.221. The molecule has 2 atom stereocenters. The summed E-state index contributed by atoms with van der Waals surface area (Å²) >= 11 is 0. The molecule has 0 saturated heterocycles. The van der Waals surface area contributed by atoms with Gasteiger partial charge in [-0.15, -0.1) is 0 Å². The van der Waals surface area contributed by atoms with Gasteiger partial charge in [-0.1, -0.05) is 72.8 Å². The molecule has 1 amide bonds. The topological polar surface area (TPSA) is 74.2 Å². The number of pyridine rings is 1. The van der Waals surface area contributed by atoms with Crippen molar-refractivity contribution in [1.82, 2.24) is 15.6 Å². The molecule has 0 aliphatic heterocycles. The molecule has 4 aromatic rings. The van der Waals surface area contributed by atoms with Crippen molar-refractivity contribution in [3.05, 3.63) is 114 Å². The molecule has 4 rings (SSSR count).